The first-order valence-electron chi connectivity index (χ1n) is 13.5. The maximum absolute atomic E-state index is 6.09. The Hall–Kier alpha value is -3.24. The molecule has 1 aliphatic heterocycles. The van der Waals surface area contributed by atoms with E-state index in [1.54, 1.807) is 14.2 Å². The van der Waals surface area contributed by atoms with Crippen molar-refractivity contribution in [1.82, 2.24) is 4.90 Å². The van der Waals surface area contributed by atoms with Crippen molar-refractivity contribution in [2.45, 2.75) is 46.5 Å². The van der Waals surface area contributed by atoms with Crippen LogP contribution in [-0.4, -0.2) is 45.4 Å². The molecule has 0 radical (unpaired) electrons. The second kappa shape index (κ2) is 12.8. The number of benzene rings is 3. The van der Waals surface area contributed by atoms with Crippen LogP contribution in [0.25, 0.3) is 5.57 Å². The molecule has 0 saturated carbocycles. The Bertz CT molecular complexity index is 1210. The summed E-state index contributed by atoms with van der Waals surface area (Å²) in [6.07, 6.45) is 4.46. The Balaban J connectivity index is 1.65. The summed E-state index contributed by atoms with van der Waals surface area (Å²) in [6.45, 7) is 10.6. The van der Waals surface area contributed by atoms with Crippen molar-refractivity contribution in [3.05, 3.63) is 94.1 Å². The summed E-state index contributed by atoms with van der Waals surface area (Å²) < 4.78 is 17.1. The van der Waals surface area contributed by atoms with Gasteiger partial charge in [0, 0.05) is 6.54 Å². The molecule has 4 nitrogen and oxygen atoms in total. The van der Waals surface area contributed by atoms with Gasteiger partial charge in [-0.25, -0.2) is 0 Å². The quantitative estimate of drug-likeness (QED) is 0.278. The number of methoxy groups -OCH3 is 2. The normalized spacial score (nSPS) is 14.4. The summed E-state index contributed by atoms with van der Waals surface area (Å²) in [6, 6.07) is 21.6. The van der Waals surface area contributed by atoms with Gasteiger partial charge >= 0.3 is 0 Å². The molecule has 4 heteroatoms. The zero-order valence-electron chi connectivity index (χ0n) is 23.1. The van der Waals surface area contributed by atoms with E-state index in [1.807, 2.05) is 0 Å². The predicted molar refractivity (Wildman–Crippen MR) is 153 cm³/mol. The van der Waals surface area contributed by atoms with Crippen LogP contribution in [0.15, 0.2) is 66.2 Å². The van der Waals surface area contributed by atoms with E-state index < -0.39 is 0 Å². The largest absolute Gasteiger partial charge is 0.496 e. The maximum atomic E-state index is 6.09. The van der Waals surface area contributed by atoms with E-state index in [0.29, 0.717) is 0 Å². The van der Waals surface area contributed by atoms with Gasteiger partial charge in [-0.05, 0) is 116 Å². The van der Waals surface area contributed by atoms with Crippen molar-refractivity contribution in [2.24, 2.45) is 0 Å². The van der Waals surface area contributed by atoms with Crippen LogP contribution in [0, 0.1) is 13.8 Å². The molecule has 1 fully saturated rings. The Labute approximate surface area is 222 Å². The summed E-state index contributed by atoms with van der Waals surface area (Å²) in [5, 5.41) is 0. The van der Waals surface area contributed by atoms with E-state index in [-0.39, 0.29) is 0 Å². The van der Waals surface area contributed by atoms with Gasteiger partial charge in [0.25, 0.3) is 0 Å². The van der Waals surface area contributed by atoms with Crippen LogP contribution in [0.4, 0.5) is 0 Å². The lowest BCUT2D eigenvalue weighted by molar-refractivity contribution is 0.238. The second-order valence-electron chi connectivity index (χ2n) is 9.92. The number of hydrogen-bond donors (Lipinski definition) is 0. The van der Waals surface area contributed by atoms with Gasteiger partial charge in [-0.1, -0.05) is 42.8 Å². The lowest BCUT2D eigenvalue weighted by Crippen LogP contribution is -2.25. The molecule has 1 heterocycles. The van der Waals surface area contributed by atoms with E-state index >= 15 is 0 Å². The lowest BCUT2D eigenvalue weighted by atomic mass is 9.87. The third-order valence-corrected chi connectivity index (χ3v) is 7.36. The Kier molecular flexibility index (Phi) is 9.29. The van der Waals surface area contributed by atoms with Crippen molar-refractivity contribution >= 4 is 5.57 Å². The second-order valence-corrected chi connectivity index (χ2v) is 9.92. The van der Waals surface area contributed by atoms with Crippen LogP contribution < -0.4 is 14.2 Å². The highest BCUT2D eigenvalue weighted by Crippen LogP contribution is 2.34. The van der Waals surface area contributed by atoms with Gasteiger partial charge in [-0.15, -0.1) is 0 Å². The lowest BCUT2D eigenvalue weighted by Gasteiger charge is -2.19. The molecule has 37 heavy (non-hydrogen) atoms. The molecule has 0 spiro atoms. The minimum Gasteiger partial charge on any atom is -0.496 e. The number of hydrogen-bond acceptors (Lipinski definition) is 4. The molecule has 0 unspecified atom stereocenters. The topological polar surface area (TPSA) is 30.9 Å². The molecule has 0 atom stereocenters. The summed E-state index contributed by atoms with van der Waals surface area (Å²) in [7, 11) is 3.45. The van der Waals surface area contributed by atoms with Crippen LogP contribution in [0.3, 0.4) is 0 Å². The molecule has 3 aromatic rings. The Morgan fingerprint density at radius 1 is 0.784 bits per heavy atom. The summed E-state index contributed by atoms with van der Waals surface area (Å²) in [5.41, 5.74) is 8.69. The molecule has 0 bridgehead atoms. The van der Waals surface area contributed by atoms with Crippen molar-refractivity contribution in [3.63, 3.8) is 0 Å². The molecule has 1 saturated heterocycles. The monoisotopic (exact) mass is 499 g/mol. The van der Waals surface area contributed by atoms with Crippen LogP contribution in [0.2, 0.25) is 0 Å². The van der Waals surface area contributed by atoms with Gasteiger partial charge in [0.2, 0.25) is 0 Å². The third-order valence-electron chi connectivity index (χ3n) is 7.36. The number of nitrogens with zero attached hydrogens (tertiary/aromatic N) is 1. The summed E-state index contributed by atoms with van der Waals surface area (Å²) in [4.78, 5) is 2.48. The third kappa shape index (κ3) is 6.75. The van der Waals surface area contributed by atoms with Crippen molar-refractivity contribution in [1.29, 1.82) is 0 Å². The highest BCUT2D eigenvalue weighted by atomic mass is 16.5. The summed E-state index contributed by atoms with van der Waals surface area (Å²) in [5.74, 6) is 2.77. The molecule has 4 rings (SSSR count). The maximum Gasteiger partial charge on any atom is 0.121 e. The van der Waals surface area contributed by atoms with E-state index in [9.17, 15) is 0 Å². The molecule has 0 amide bonds. The zero-order valence-corrected chi connectivity index (χ0v) is 23.1. The SMILES string of the molecule is CC/C(Cc1ccc(OC)c(C)c1)=C(\c1ccc(OCCN2CCCC2)cc1)c1ccc(OC)c(C)c1. The van der Waals surface area contributed by atoms with E-state index in [2.05, 4.69) is 86.3 Å². The summed E-state index contributed by atoms with van der Waals surface area (Å²) >= 11 is 0. The predicted octanol–water partition coefficient (Wildman–Crippen LogP) is 7.25. The first kappa shape index (κ1) is 26.8. The number of ether oxygens (including phenoxy) is 3. The minimum absolute atomic E-state index is 0.733. The molecule has 196 valence electrons. The van der Waals surface area contributed by atoms with Gasteiger partial charge in [-0.3, -0.25) is 4.90 Å². The number of allylic oxidation sites excluding steroid dienone is 1. The molecule has 0 aliphatic carbocycles. The van der Waals surface area contributed by atoms with Gasteiger partial charge < -0.3 is 14.2 Å². The molecule has 3 aromatic carbocycles. The average Bonchev–Trinajstić information content (AvgIpc) is 3.43. The fourth-order valence-corrected chi connectivity index (χ4v) is 5.31. The number of aryl methyl sites for hydroxylation is 2. The minimum atomic E-state index is 0.733. The van der Waals surface area contributed by atoms with Crippen LogP contribution >= 0.6 is 0 Å². The van der Waals surface area contributed by atoms with Crippen molar-refractivity contribution in [2.75, 3.05) is 40.5 Å². The highest BCUT2D eigenvalue weighted by Gasteiger charge is 2.15. The van der Waals surface area contributed by atoms with Crippen molar-refractivity contribution in [3.8, 4) is 17.2 Å². The van der Waals surface area contributed by atoms with Crippen molar-refractivity contribution < 1.29 is 14.2 Å². The average molecular weight is 500 g/mol. The van der Waals surface area contributed by atoms with Gasteiger partial charge in [0.05, 0.1) is 14.2 Å². The van der Waals surface area contributed by atoms with E-state index in [4.69, 9.17) is 14.2 Å². The first-order valence-corrected chi connectivity index (χ1v) is 13.5. The zero-order chi connectivity index (χ0) is 26.2. The van der Waals surface area contributed by atoms with Crippen LogP contribution in [0.1, 0.15) is 54.0 Å². The molecular formula is C33H41NO3. The highest BCUT2D eigenvalue weighted by molar-refractivity contribution is 5.83. The molecule has 1 aliphatic rings. The molecule has 0 aromatic heterocycles. The fraction of sp³-hybridized carbons (Fsp3) is 0.394. The molecular weight excluding hydrogens is 458 g/mol. The first-order chi connectivity index (χ1) is 18.0. The number of rotatable bonds is 11. The van der Waals surface area contributed by atoms with Gasteiger partial charge in [0.1, 0.15) is 23.9 Å². The standard InChI is InChI=1S/C33H41NO3/c1-6-27(23-26-9-15-31(35-4)24(2)21-26)33(29-12-16-32(36-5)25(3)22-29)28-10-13-30(14-11-28)37-20-19-34-17-7-8-18-34/h9-16,21-22H,6-8,17-20,23H2,1-5H3/b33-27-. The Morgan fingerprint density at radius 2 is 1.41 bits per heavy atom. The van der Waals surface area contributed by atoms with Crippen LogP contribution in [0.5, 0.6) is 17.2 Å². The number of likely N-dealkylation sites (tertiary alicyclic amines) is 1. The smallest absolute Gasteiger partial charge is 0.121 e. The van der Waals surface area contributed by atoms with Gasteiger partial charge in [-0.2, -0.15) is 0 Å². The van der Waals surface area contributed by atoms with E-state index in [1.165, 1.54) is 53.8 Å². The Morgan fingerprint density at radius 3 is 2.00 bits per heavy atom. The van der Waals surface area contributed by atoms with Gasteiger partial charge in [0.15, 0.2) is 0 Å². The van der Waals surface area contributed by atoms with E-state index in [0.717, 1.165) is 54.4 Å². The van der Waals surface area contributed by atoms with Crippen LogP contribution in [-0.2, 0) is 6.42 Å². The molecule has 0 N–H and O–H groups in total. The fourth-order valence-electron chi connectivity index (χ4n) is 5.31.